The maximum atomic E-state index is 11.2. The van der Waals surface area contributed by atoms with Gasteiger partial charge in [-0.15, -0.1) is 0 Å². The Hall–Kier alpha value is -1.14. The van der Waals surface area contributed by atoms with E-state index in [4.69, 9.17) is 26.2 Å². The lowest BCUT2D eigenvalue weighted by Crippen LogP contribution is -2.58. The average molecular weight is 283 g/mol. The molecule has 0 aliphatic heterocycles. The molecule has 0 saturated carbocycles. The normalized spacial score (nSPS) is 21.0. The Morgan fingerprint density at radius 2 is 1.47 bits per heavy atom. The summed E-state index contributed by atoms with van der Waals surface area (Å²) >= 11 is 0. The number of carbonyl (C=O) groups excluding carboxylic acids is 1. The lowest BCUT2D eigenvalue weighted by Gasteiger charge is -2.29. The van der Waals surface area contributed by atoms with Crippen LogP contribution in [0.15, 0.2) is 0 Å². The number of Topliss-reactive ketones (excluding diaryl/α,β-unsaturated/α-hetero) is 1. The number of carbonyl (C=O) groups is 2. The minimum atomic E-state index is -2.53. The van der Waals surface area contributed by atoms with Crippen LogP contribution < -0.4 is 5.73 Å². The van der Waals surface area contributed by atoms with Crippen LogP contribution in [0.4, 0.5) is 0 Å². The number of carboxylic acids is 1. The Balaban J connectivity index is 4.76. The van der Waals surface area contributed by atoms with E-state index in [0.717, 1.165) is 0 Å². The fourth-order valence-corrected chi connectivity index (χ4v) is 1.22. The molecule has 10 nitrogen and oxygen atoms in total. The topological polar surface area (TPSA) is 202 Å². The van der Waals surface area contributed by atoms with Crippen molar-refractivity contribution in [2.24, 2.45) is 5.73 Å². The summed E-state index contributed by atoms with van der Waals surface area (Å²) in [6.45, 7) is -0.910. The molecule has 9 N–H and O–H groups in total. The number of aliphatic hydroxyl groups excluding tert-OH is 6. The largest absolute Gasteiger partial charge is 0.479 e. The summed E-state index contributed by atoms with van der Waals surface area (Å²) in [5.74, 6) is -3.49. The van der Waals surface area contributed by atoms with Gasteiger partial charge in [-0.1, -0.05) is 0 Å². The Morgan fingerprint density at radius 3 is 1.84 bits per heavy atom. The molecular weight excluding hydrogens is 266 g/mol. The van der Waals surface area contributed by atoms with Gasteiger partial charge in [-0.3, -0.25) is 4.79 Å². The van der Waals surface area contributed by atoms with E-state index in [9.17, 15) is 24.9 Å². The number of rotatable bonds is 8. The first-order valence-electron chi connectivity index (χ1n) is 5.18. The van der Waals surface area contributed by atoms with E-state index in [1.807, 2.05) is 0 Å². The van der Waals surface area contributed by atoms with Gasteiger partial charge in [-0.2, -0.15) is 0 Å². The number of hydrogen-bond acceptors (Lipinski definition) is 9. The number of aliphatic hydroxyl groups is 6. The van der Waals surface area contributed by atoms with Crippen molar-refractivity contribution in [3.8, 4) is 0 Å². The molecule has 112 valence electrons. The Morgan fingerprint density at radius 1 is 1.00 bits per heavy atom. The Labute approximate surface area is 107 Å². The second kappa shape index (κ2) is 7.45. The molecule has 0 heterocycles. The van der Waals surface area contributed by atoms with Gasteiger partial charge in [0.1, 0.15) is 24.4 Å². The van der Waals surface area contributed by atoms with Crippen molar-refractivity contribution in [3.05, 3.63) is 0 Å². The third kappa shape index (κ3) is 4.47. The molecule has 0 aromatic heterocycles. The van der Waals surface area contributed by atoms with E-state index in [1.165, 1.54) is 0 Å². The third-order valence-corrected chi connectivity index (χ3v) is 2.49. The van der Waals surface area contributed by atoms with Gasteiger partial charge in [0.2, 0.25) is 11.9 Å². The summed E-state index contributed by atoms with van der Waals surface area (Å²) in [5, 5.41) is 62.9. The minimum Gasteiger partial charge on any atom is -0.479 e. The van der Waals surface area contributed by atoms with E-state index in [-0.39, 0.29) is 0 Å². The fourth-order valence-electron chi connectivity index (χ4n) is 1.22. The zero-order valence-corrected chi connectivity index (χ0v) is 9.70. The number of carboxylic acid groups (broad SMARTS) is 1. The fraction of sp³-hybridized carbons (Fsp3) is 0.778. The molecule has 0 aromatic carbocycles. The van der Waals surface area contributed by atoms with Gasteiger partial charge in [0.15, 0.2) is 0 Å². The van der Waals surface area contributed by atoms with E-state index in [2.05, 4.69) is 0 Å². The highest BCUT2D eigenvalue weighted by Crippen LogP contribution is 2.09. The lowest BCUT2D eigenvalue weighted by atomic mass is 9.94. The highest BCUT2D eigenvalue weighted by atomic mass is 16.4. The standard InChI is InChI=1S/C9H17NO9/c10-3(5(14)4(13)2(12)1-11)6(15)7(16)8(17)9(18)19/h2-6,8,11-15,17H,1,10H2,(H,18,19)/t2-,3?,4+,5+,6+,8+/m0/s1. The van der Waals surface area contributed by atoms with Crippen LogP contribution in [0.2, 0.25) is 0 Å². The van der Waals surface area contributed by atoms with Crippen LogP contribution >= 0.6 is 0 Å². The summed E-state index contributed by atoms with van der Waals surface area (Å²) in [7, 11) is 0. The van der Waals surface area contributed by atoms with Crippen LogP contribution in [-0.2, 0) is 9.59 Å². The molecule has 0 spiro atoms. The zero-order chi connectivity index (χ0) is 15.3. The third-order valence-electron chi connectivity index (χ3n) is 2.49. The molecule has 0 aromatic rings. The van der Waals surface area contributed by atoms with E-state index in [1.54, 1.807) is 0 Å². The summed E-state index contributed by atoms with van der Waals surface area (Å²) in [6.07, 6.45) is -10.6. The van der Waals surface area contributed by atoms with Gasteiger partial charge >= 0.3 is 5.97 Å². The molecule has 0 saturated heterocycles. The van der Waals surface area contributed by atoms with Gasteiger partial charge in [-0.25, -0.2) is 4.79 Å². The summed E-state index contributed by atoms with van der Waals surface area (Å²) in [4.78, 5) is 21.5. The second-order valence-corrected chi connectivity index (χ2v) is 3.90. The molecule has 0 fully saturated rings. The lowest BCUT2D eigenvalue weighted by molar-refractivity contribution is -0.157. The van der Waals surface area contributed by atoms with Gasteiger partial charge in [0, 0.05) is 0 Å². The second-order valence-electron chi connectivity index (χ2n) is 3.90. The first-order chi connectivity index (χ1) is 8.64. The summed E-state index contributed by atoms with van der Waals surface area (Å²) in [6, 6.07) is -1.86. The average Bonchev–Trinajstić information content (AvgIpc) is 2.40. The SMILES string of the molecule is NC([C@@H](O)[C@H](O)[C@@H](O)CO)[C@@H](O)C(=O)[C@@H](O)C(=O)O. The molecule has 0 aliphatic rings. The number of nitrogens with two attached hydrogens (primary N) is 1. The predicted molar refractivity (Wildman–Crippen MR) is 57.7 cm³/mol. The molecule has 0 bridgehead atoms. The molecule has 0 rings (SSSR count). The van der Waals surface area contributed by atoms with E-state index in [0.29, 0.717) is 0 Å². The molecule has 10 heteroatoms. The van der Waals surface area contributed by atoms with Crippen molar-refractivity contribution >= 4 is 11.8 Å². The van der Waals surface area contributed by atoms with E-state index < -0.39 is 54.9 Å². The van der Waals surface area contributed by atoms with Gasteiger partial charge in [0.05, 0.1) is 12.6 Å². The molecular formula is C9H17NO9. The van der Waals surface area contributed by atoms with Crippen LogP contribution in [0, 0.1) is 0 Å². The molecule has 0 radical (unpaired) electrons. The van der Waals surface area contributed by atoms with Crippen LogP contribution in [0.5, 0.6) is 0 Å². The van der Waals surface area contributed by atoms with Crippen LogP contribution in [0.3, 0.4) is 0 Å². The molecule has 19 heavy (non-hydrogen) atoms. The first-order valence-corrected chi connectivity index (χ1v) is 5.18. The Kier molecular flexibility index (Phi) is 7.00. The first kappa shape index (κ1) is 17.9. The van der Waals surface area contributed by atoms with Crippen molar-refractivity contribution in [3.63, 3.8) is 0 Å². The highest BCUT2D eigenvalue weighted by Gasteiger charge is 2.39. The zero-order valence-electron chi connectivity index (χ0n) is 9.70. The quantitative estimate of drug-likeness (QED) is 0.199. The monoisotopic (exact) mass is 283 g/mol. The molecule has 1 unspecified atom stereocenters. The molecule has 0 amide bonds. The molecule has 6 atom stereocenters. The van der Waals surface area contributed by atoms with Crippen LogP contribution in [0.25, 0.3) is 0 Å². The minimum absolute atomic E-state index is 0.910. The van der Waals surface area contributed by atoms with Crippen molar-refractivity contribution in [1.82, 2.24) is 0 Å². The van der Waals surface area contributed by atoms with Gasteiger partial charge in [-0.05, 0) is 0 Å². The van der Waals surface area contributed by atoms with Crippen LogP contribution in [-0.4, -0.2) is 90.7 Å². The van der Waals surface area contributed by atoms with Crippen LogP contribution in [0.1, 0.15) is 0 Å². The number of hydrogen-bond donors (Lipinski definition) is 8. The smallest absolute Gasteiger partial charge is 0.340 e. The van der Waals surface area contributed by atoms with Crippen molar-refractivity contribution in [1.29, 1.82) is 0 Å². The van der Waals surface area contributed by atoms with E-state index >= 15 is 0 Å². The van der Waals surface area contributed by atoms with Crippen molar-refractivity contribution in [2.75, 3.05) is 6.61 Å². The number of aliphatic carboxylic acids is 1. The van der Waals surface area contributed by atoms with Crippen molar-refractivity contribution in [2.45, 2.75) is 36.6 Å². The predicted octanol–water partition coefficient (Wildman–Crippen LogP) is -5.24. The summed E-state index contributed by atoms with van der Waals surface area (Å²) < 4.78 is 0. The summed E-state index contributed by atoms with van der Waals surface area (Å²) in [5.41, 5.74) is 5.22. The van der Waals surface area contributed by atoms with Gasteiger partial charge < -0.3 is 41.5 Å². The Bertz CT molecular complexity index is 323. The number of ketones is 1. The van der Waals surface area contributed by atoms with Gasteiger partial charge in [0.25, 0.3) is 0 Å². The molecule has 0 aliphatic carbocycles. The maximum Gasteiger partial charge on any atom is 0.340 e. The maximum absolute atomic E-state index is 11.2. The van der Waals surface area contributed by atoms with Crippen molar-refractivity contribution < 1.29 is 45.3 Å². The highest BCUT2D eigenvalue weighted by molar-refractivity contribution is 6.03.